The number of halogens is 2. The van der Waals surface area contributed by atoms with Crippen LogP contribution in [0.15, 0.2) is 29.0 Å². The number of rotatable bonds is 2. The van der Waals surface area contributed by atoms with E-state index in [0.717, 1.165) is 8.04 Å². The first kappa shape index (κ1) is 12.5. The Labute approximate surface area is 120 Å². The summed E-state index contributed by atoms with van der Waals surface area (Å²) in [6.07, 6.45) is 3.40. The van der Waals surface area contributed by atoms with E-state index in [1.165, 1.54) is 0 Å². The lowest BCUT2D eigenvalue weighted by Crippen LogP contribution is -2.39. The smallest absolute Gasteiger partial charge is 0.301 e. The van der Waals surface area contributed by atoms with Gasteiger partial charge in [0.15, 0.2) is 7.05 Å². The molecule has 2 N–H and O–H groups in total. The molecular weight excluding hydrogens is 399 g/mol. The minimum Gasteiger partial charge on any atom is -0.301 e. The van der Waals surface area contributed by atoms with Gasteiger partial charge >= 0.3 is 11.6 Å². The van der Waals surface area contributed by atoms with Crippen molar-refractivity contribution in [2.75, 3.05) is 5.32 Å². The molecule has 0 fully saturated rings. The van der Waals surface area contributed by atoms with Gasteiger partial charge in [-0.3, -0.25) is 4.79 Å². The van der Waals surface area contributed by atoms with Crippen LogP contribution < -0.4 is 10.00 Å². The van der Waals surface area contributed by atoms with Crippen molar-refractivity contribution in [2.24, 2.45) is 7.05 Å². The van der Waals surface area contributed by atoms with Crippen LogP contribution in [-0.2, 0) is 7.05 Å². The van der Waals surface area contributed by atoms with Crippen LogP contribution in [0.3, 0.4) is 0 Å². The van der Waals surface area contributed by atoms with Crippen molar-refractivity contribution in [3.8, 4) is 0 Å². The number of carbonyl (C=O) groups excluding carboxylic acids is 1. The van der Waals surface area contributed by atoms with Crippen LogP contribution in [0.5, 0.6) is 0 Å². The summed E-state index contributed by atoms with van der Waals surface area (Å²) in [6, 6.07) is 3.56. The minimum atomic E-state index is -0.187. The van der Waals surface area contributed by atoms with Crippen LogP contribution in [0.1, 0.15) is 10.5 Å². The third-order valence-electron chi connectivity index (χ3n) is 2.13. The molecular formula is C10H9BrIN4O+. The van der Waals surface area contributed by atoms with Crippen LogP contribution in [0, 0.1) is 3.57 Å². The normalized spacial score (nSPS) is 10.3. The molecule has 0 saturated heterocycles. The van der Waals surface area contributed by atoms with Crippen molar-refractivity contribution >= 4 is 50.2 Å². The van der Waals surface area contributed by atoms with Crippen LogP contribution in [-0.4, -0.2) is 16.0 Å². The van der Waals surface area contributed by atoms with Crippen molar-refractivity contribution in [3.05, 3.63) is 38.3 Å². The average molecular weight is 408 g/mol. The summed E-state index contributed by atoms with van der Waals surface area (Å²) in [5.41, 5.74) is 0.579. The number of nitrogens with one attached hydrogen (secondary N) is 2. The van der Waals surface area contributed by atoms with Gasteiger partial charge in [0.05, 0.1) is 6.20 Å². The van der Waals surface area contributed by atoms with Crippen molar-refractivity contribution in [2.45, 2.75) is 0 Å². The van der Waals surface area contributed by atoms with Gasteiger partial charge in [0, 0.05) is 10.7 Å². The van der Waals surface area contributed by atoms with E-state index >= 15 is 0 Å². The van der Waals surface area contributed by atoms with Gasteiger partial charge in [-0.05, 0) is 50.7 Å². The predicted molar refractivity (Wildman–Crippen MR) is 74.6 cm³/mol. The van der Waals surface area contributed by atoms with E-state index in [1.54, 1.807) is 30.2 Å². The Morgan fingerprint density at radius 1 is 1.59 bits per heavy atom. The molecule has 0 aliphatic heterocycles. The largest absolute Gasteiger partial charge is 0.325 e. The molecule has 0 unspecified atom stereocenters. The van der Waals surface area contributed by atoms with E-state index < -0.39 is 0 Å². The highest BCUT2D eigenvalue weighted by molar-refractivity contribution is 14.1. The van der Waals surface area contributed by atoms with E-state index in [1.807, 2.05) is 6.07 Å². The molecule has 88 valence electrons. The summed E-state index contributed by atoms with van der Waals surface area (Å²) in [5, 5.41) is 5.67. The fraction of sp³-hybridized carbons (Fsp3) is 0.100. The number of aryl methyl sites for hydroxylation is 1. The van der Waals surface area contributed by atoms with Gasteiger partial charge in [-0.2, -0.15) is 5.10 Å². The molecule has 0 atom stereocenters. The van der Waals surface area contributed by atoms with Gasteiger partial charge in [-0.15, -0.1) is 4.68 Å². The predicted octanol–water partition coefficient (Wildman–Crippen LogP) is 1.85. The summed E-state index contributed by atoms with van der Waals surface area (Å²) in [4.78, 5) is 16.1. The molecule has 0 saturated carbocycles. The third-order valence-corrected chi connectivity index (χ3v) is 3.42. The second-order valence-electron chi connectivity index (χ2n) is 3.34. The SMILES string of the molecule is C[n+]1[nH]cc(I)c1C(=O)Nc1ccc(Br)cn1. The molecule has 1 amide bonds. The lowest BCUT2D eigenvalue weighted by atomic mass is 10.4. The number of aromatic nitrogens is 3. The lowest BCUT2D eigenvalue weighted by molar-refractivity contribution is -0.728. The van der Waals surface area contributed by atoms with Gasteiger partial charge < -0.3 is 5.32 Å². The second-order valence-corrected chi connectivity index (χ2v) is 5.42. The topological polar surface area (TPSA) is 61.7 Å². The molecule has 2 heterocycles. The number of aromatic amines is 1. The number of amides is 1. The maximum absolute atomic E-state index is 12.0. The van der Waals surface area contributed by atoms with Crippen LogP contribution in [0.25, 0.3) is 0 Å². The van der Waals surface area contributed by atoms with Gasteiger partial charge in [0.2, 0.25) is 0 Å². The summed E-state index contributed by atoms with van der Waals surface area (Å²) in [5.74, 6) is 0.336. The van der Waals surface area contributed by atoms with Crippen molar-refractivity contribution in [1.82, 2.24) is 10.1 Å². The highest BCUT2D eigenvalue weighted by Crippen LogP contribution is 2.12. The van der Waals surface area contributed by atoms with Crippen molar-refractivity contribution in [3.63, 3.8) is 0 Å². The summed E-state index contributed by atoms with van der Waals surface area (Å²) in [6.45, 7) is 0. The molecule has 0 spiro atoms. The Kier molecular flexibility index (Phi) is 3.77. The highest BCUT2D eigenvalue weighted by atomic mass is 127. The molecule has 0 aliphatic rings. The Hall–Kier alpha value is -0.960. The van der Waals surface area contributed by atoms with E-state index in [4.69, 9.17) is 0 Å². The zero-order valence-electron chi connectivity index (χ0n) is 8.87. The molecule has 2 aromatic heterocycles. The monoisotopic (exact) mass is 407 g/mol. The molecule has 2 rings (SSSR count). The number of nitrogens with zero attached hydrogens (tertiary/aromatic N) is 2. The maximum atomic E-state index is 12.0. The molecule has 0 aromatic carbocycles. The van der Waals surface area contributed by atoms with E-state index in [2.05, 4.69) is 53.9 Å². The number of hydrogen-bond donors (Lipinski definition) is 2. The molecule has 5 nitrogen and oxygen atoms in total. The maximum Gasteiger partial charge on any atom is 0.325 e. The Balaban J connectivity index is 2.20. The zero-order chi connectivity index (χ0) is 12.4. The van der Waals surface area contributed by atoms with Gasteiger partial charge in [-0.1, -0.05) is 0 Å². The van der Waals surface area contributed by atoms with Crippen molar-refractivity contribution < 1.29 is 9.48 Å². The number of anilines is 1. The Morgan fingerprint density at radius 3 is 2.88 bits per heavy atom. The van der Waals surface area contributed by atoms with Crippen molar-refractivity contribution in [1.29, 1.82) is 0 Å². The standard InChI is InChI=1S/C10H8BrIN4O/c1-16-9(7(12)5-14-16)10(17)15-8-3-2-6(11)4-13-8/h2-5H,1H3,(H,13,15,17)/p+1. The second kappa shape index (κ2) is 5.13. The Bertz CT molecular complexity index is 532. The molecule has 2 aromatic rings. The van der Waals surface area contributed by atoms with E-state index in [-0.39, 0.29) is 5.91 Å². The van der Waals surface area contributed by atoms with E-state index in [0.29, 0.717) is 11.5 Å². The first-order valence-corrected chi connectivity index (χ1v) is 6.61. The third kappa shape index (κ3) is 2.83. The molecule has 0 bridgehead atoms. The molecule has 0 radical (unpaired) electrons. The molecule has 0 aliphatic carbocycles. The fourth-order valence-corrected chi connectivity index (χ4v) is 2.31. The Morgan fingerprint density at radius 2 is 2.35 bits per heavy atom. The van der Waals surface area contributed by atoms with Gasteiger partial charge in [0.1, 0.15) is 9.39 Å². The molecule has 7 heteroatoms. The van der Waals surface area contributed by atoms with Gasteiger partial charge in [-0.25, -0.2) is 4.98 Å². The average Bonchev–Trinajstić information content (AvgIpc) is 2.62. The lowest BCUT2D eigenvalue weighted by Gasteiger charge is -2.01. The van der Waals surface area contributed by atoms with E-state index in [9.17, 15) is 4.79 Å². The summed E-state index contributed by atoms with van der Waals surface area (Å²) >= 11 is 5.39. The molecule has 17 heavy (non-hydrogen) atoms. The summed E-state index contributed by atoms with van der Waals surface area (Å²) < 4.78 is 3.40. The van der Waals surface area contributed by atoms with Crippen LogP contribution in [0.4, 0.5) is 5.82 Å². The first-order valence-electron chi connectivity index (χ1n) is 4.74. The first-order chi connectivity index (χ1) is 8.08. The minimum absolute atomic E-state index is 0.187. The van der Waals surface area contributed by atoms with Crippen LogP contribution >= 0.6 is 38.5 Å². The number of pyridine rings is 1. The number of H-pyrrole nitrogens is 1. The van der Waals surface area contributed by atoms with Crippen LogP contribution in [0.2, 0.25) is 0 Å². The zero-order valence-corrected chi connectivity index (χ0v) is 12.6. The van der Waals surface area contributed by atoms with Gasteiger partial charge in [0.25, 0.3) is 0 Å². The summed E-state index contributed by atoms with van der Waals surface area (Å²) in [7, 11) is 1.78. The quantitative estimate of drug-likeness (QED) is 0.589. The number of hydrogen-bond acceptors (Lipinski definition) is 2. The fourth-order valence-electron chi connectivity index (χ4n) is 1.33. The number of carbonyl (C=O) groups is 1. The highest BCUT2D eigenvalue weighted by Gasteiger charge is 2.23.